The van der Waals surface area contributed by atoms with Crippen molar-refractivity contribution in [1.82, 2.24) is 15.1 Å². The van der Waals surface area contributed by atoms with E-state index in [1.165, 1.54) is 29.8 Å². The van der Waals surface area contributed by atoms with Gasteiger partial charge in [0, 0.05) is 25.3 Å². The van der Waals surface area contributed by atoms with Gasteiger partial charge in [-0.1, -0.05) is 30.3 Å². The molecule has 1 saturated heterocycles. The average Bonchev–Trinajstić information content (AvgIpc) is 2.94. The summed E-state index contributed by atoms with van der Waals surface area (Å²) in [5.74, 6) is -0.873. The molecule has 0 bridgehead atoms. The molecule has 0 aromatic heterocycles. The number of nitrogens with one attached hydrogen (secondary N) is 2. The van der Waals surface area contributed by atoms with Gasteiger partial charge >= 0.3 is 0 Å². The van der Waals surface area contributed by atoms with Gasteiger partial charge in [-0.15, -0.1) is 0 Å². The number of anilines is 1. The molecule has 6 nitrogen and oxygen atoms in total. The molecule has 1 fully saturated rings. The van der Waals surface area contributed by atoms with Crippen molar-refractivity contribution in [2.24, 2.45) is 0 Å². The number of nitrogens with zero attached hydrogens (tertiary/aromatic N) is 2. The molecule has 2 aromatic carbocycles. The summed E-state index contributed by atoms with van der Waals surface area (Å²) < 4.78 is 12.9. The Morgan fingerprint density at radius 2 is 1.55 bits per heavy atom. The summed E-state index contributed by atoms with van der Waals surface area (Å²) in [7, 11) is 0. The third-order valence-corrected chi connectivity index (χ3v) is 4.87. The highest BCUT2D eigenvalue weighted by Gasteiger charge is 2.17. The van der Waals surface area contributed by atoms with E-state index in [-0.39, 0.29) is 30.7 Å². The summed E-state index contributed by atoms with van der Waals surface area (Å²) >= 11 is 0. The first-order valence-electron chi connectivity index (χ1n) is 9.89. The van der Waals surface area contributed by atoms with Gasteiger partial charge in [0.1, 0.15) is 5.82 Å². The summed E-state index contributed by atoms with van der Waals surface area (Å²) in [5, 5.41) is 5.28. The number of halogens is 1. The highest BCUT2D eigenvalue weighted by molar-refractivity contribution is 5.94. The quantitative estimate of drug-likeness (QED) is 0.750. The number of amides is 2. The summed E-state index contributed by atoms with van der Waals surface area (Å²) in [6.45, 7) is 4.69. The lowest BCUT2D eigenvalue weighted by Gasteiger charge is -2.21. The zero-order valence-corrected chi connectivity index (χ0v) is 16.4. The van der Waals surface area contributed by atoms with Crippen LogP contribution in [0, 0.1) is 5.82 Å². The minimum absolute atomic E-state index is 0.107. The monoisotopic (exact) mass is 398 g/mol. The van der Waals surface area contributed by atoms with Gasteiger partial charge in [0.2, 0.25) is 11.8 Å². The highest BCUT2D eigenvalue weighted by Crippen LogP contribution is 2.09. The first-order valence-corrected chi connectivity index (χ1v) is 9.89. The number of hydrogen-bond acceptors (Lipinski definition) is 4. The van der Waals surface area contributed by atoms with Crippen molar-refractivity contribution < 1.29 is 14.0 Å². The standard InChI is InChI=1S/C22H27FN4O2/c23-19-7-9-20(10-8-19)25-21(28)15-24-22(29)17-27-12-4-11-26(13-14-27)16-18-5-2-1-3-6-18/h1-3,5-10H,4,11-17H2,(H,24,29)(H,25,28). The van der Waals surface area contributed by atoms with Gasteiger partial charge in [-0.2, -0.15) is 0 Å². The van der Waals surface area contributed by atoms with Crippen LogP contribution < -0.4 is 10.6 Å². The first kappa shape index (κ1) is 21.0. The largest absolute Gasteiger partial charge is 0.346 e. The maximum absolute atomic E-state index is 12.9. The Morgan fingerprint density at radius 1 is 0.862 bits per heavy atom. The van der Waals surface area contributed by atoms with E-state index in [4.69, 9.17) is 0 Å². The molecule has 1 aliphatic rings. The van der Waals surface area contributed by atoms with Gasteiger partial charge in [-0.05, 0) is 49.3 Å². The normalized spacial score (nSPS) is 15.5. The third kappa shape index (κ3) is 7.29. The molecule has 3 rings (SSSR count). The van der Waals surface area contributed by atoms with Gasteiger partial charge in [0.25, 0.3) is 0 Å². The predicted octanol–water partition coefficient (Wildman–Crippen LogP) is 2.09. The van der Waals surface area contributed by atoms with E-state index in [0.717, 1.165) is 39.1 Å². The zero-order valence-electron chi connectivity index (χ0n) is 16.4. The molecule has 29 heavy (non-hydrogen) atoms. The molecule has 0 radical (unpaired) electrons. The summed E-state index contributed by atoms with van der Waals surface area (Å²) in [5.41, 5.74) is 1.79. The van der Waals surface area contributed by atoms with E-state index in [9.17, 15) is 14.0 Å². The molecule has 0 spiro atoms. The van der Waals surface area contributed by atoms with E-state index in [1.807, 2.05) is 6.07 Å². The van der Waals surface area contributed by atoms with E-state index < -0.39 is 0 Å². The third-order valence-electron chi connectivity index (χ3n) is 4.87. The van der Waals surface area contributed by atoms with Crippen LogP contribution in [0.3, 0.4) is 0 Å². The second kappa shape index (κ2) is 10.7. The molecule has 2 aromatic rings. The molecule has 0 unspecified atom stereocenters. The molecule has 0 atom stereocenters. The minimum Gasteiger partial charge on any atom is -0.346 e. The number of carbonyl (C=O) groups excluding carboxylic acids is 2. The number of benzene rings is 2. The van der Waals surface area contributed by atoms with Crippen molar-refractivity contribution in [2.45, 2.75) is 13.0 Å². The smallest absolute Gasteiger partial charge is 0.243 e. The molecule has 7 heteroatoms. The van der Waals surface area contributed by atoms with Crippen molar-refractivity contribution in [3.63, 3.8) is 0 Å². The Labute approximate surface area is 170 Å². The zero-order chi connectivity index (χ0) is 20.5. The maximum Gasteiger partial charge on any atom is 0.243 e. The Balaban J connectivity index is 1.36. The first-order chi connectivity index (χ1) is 14.1. The Bertz CT molecular complexity index is 798. The van der Waals surface area contributed by atoms with Crippen molar-refractivity contribution in [3.05, 3.63) is 66.0 Å². The van der Waals surface area contributed by atoms with Crippen LogP contribution in [0.1, 0.15) is 12.0 Å². The second-order valence-electron chi connectivity index (χ2n) is 7.22. The predicted molar refractivity (Wildman–Crippen MR) is 111 cm³/mol. The molecule has 1 aliphatic heterocycles. The van der Waals surface area contributed by atoms with Crippen LogP contribution >= 0.6 is 0 Å². The fraction of sp³-hybridized carbons (Fsp3) is 0.364. The van der Waals surface area contributed by atoms with Gasteiger partial charge in [-0.3, -0.25) is 19.4 Å². The van der Waals surface area contributed by atoms with Crippen molar-refractivity contribution in [2.75, 3.05) is 44.6 Å². The van der Waals surface area contributed by atoms with Crippen LogP contribution in [0.2, 0.25) is 0 Å². The lowest BCUT2D eigenvalue weighted by Crippen LogP contribution is -2.41. The van der Waals surface area contributed by atoms with Gasteiger partial charge in [0.15, 0.2) is 0 Å². The highest BCUT2D eigenvalue weighted by atomic mass is 19.1. The van der Waals surface area contributed by atoms with Crippen LogP contribution in [0.4, 0.5) is 10.1 Å². The van der Waals surface area contributed by atoms with Gasteiger partial charge < -0.3 is 10.6 Å². The molecule has 2 N–H and O–H groups in total. The van der Waals surface area contributed by atoms with Crippen LogP contribution in [0.15, 0.2) is 54.6 Å². The van der Waals surface area contributed by atoms with Crippen molar-refractivity contribution >= 4 is 17.5 Å². The molecular formula is C22H27FN4O2. The molecule has 1 heterocycles. The summed E-state index contributed by atoms with van der Waals surface area (Å²) in [6, 6.07) is 15.9. The van der Waals surface area contributed by atoms with E-state index >= 15 is 0 Å². The lowest BCUT2D eigenvalue weighted by molar-refractivity contribution is -0.125. The number of carbonyl (C=O) groups is 2. The molecule has 0 aliphatic carbocycles. The average molecular weight is 398 g/mol. The minimum atomic E-state index is -0.365. The van der Waals surface area contributed by atoms with Crippen molar-refractivity contribution in [1.29, 1.82) is 0 Å². The fourth-order valence-corrected chi connectivity index (χ4v) is 3.36. The fourth-order valence-electron chi connectivity index (χ4n) is 3.36. The van der Waals surface area contributed by atoms with Crippen LogP contribution in [0.5, 0.6) is 0 Å². The van der Waals surface area contributed by atoms with Crippen LogP contribution in [-0.4, -0.2) is 60.9 Å². The molecular weight excluding hydrogens is 371 g/mol. The maximum atomic E-state index is 12.9. The molecule has 2 amide bonds. The van der Waals surface area contributed by atoms with E-state index in [2.05, 4.69) is 44.7 Å². The Kier molecular flexibility index (Phi) is 7.72. The number of rotatable bonds is 7. The van der Waals surface area contributed by atoms with Crippen LogP contribution in [-0.2, 0) is 16.1 Å². The Hall–Kier alpha value is -2.77. The van der Waals surface area contributed by atoms with Gasteiger partial charge in [0.05, 0.1) is 13.1 Å². The number of hydrogen-bond donors (Lipinski definition) is 2. The van der Waals surface area contributed by atoms with E-state index in [0.29, 0.717) is 5.69 Å². The Morgan fingerprint density at radius 3 is 2.31 bits per heavy atom. The van der Waals surface area contributed by atoms with Crippen LogP contribution in [0.25, 0.3) is 0 Å². The topological polar surface area (TPSA) is 64.7 Å². The lowest BCUT2D eigenvalue weighted by atomic mass is 10.2. The molecule has 154 valence electrons. The van der Waals surface area contributed by atoms with Gasteiger partial charge in [-0.25, -0.2) is 4.39 Å². The molecule has 0 saturated carbocycles. The summed E-state index contributed by atoms with van der Waals surface area (Å²) in [6.07, 6.45) is 1.01. The second-order valence-corrected chi connectivity index (χ2v) is 7.22. The van der Waals surface area contributed by atoms with Crippen molar-refractivity contribution in [3.8, 4) is 0 Å². The summed E-state index contributed by atoms with van der Waals surface area (Å²) in [4.78, 5) is 28.7. The van der Waals surface area contributed by atoms with E-state index in [1.54, 1.807) is 0 Å². The SMILES string of the molecule is O=C(CN1CCCN(Cc2ccccc2)CC1)NCC(=O)Nc1ccc(F)cc1.